The topological polar surface area (TPSA) is 96.0 Å². The van der Waals surface area contributed by atoms with E-state index < -0.39 is 16.1 Å². The number of nitrogens with zero attached hydrogens (tertiary/aromatic N) is 2. The summed E-state index contributed by atoms with van der Waals surface area (Å²) in [5.41, 5.74) is 1.56. The quantitative estimate of drug-likeness (QED) is 0.467. The number of methoxy groups -OCH3 is 1. The summed E-state index contributed by atoms with van der Waals surface area (Å²) in [5.74, 6) is 0.161. The fraction of sp³-hybridized carbons (Fsp3) is 0.440. The molecule has 2 aromatic carbocycles. The Balaban J connectivity index is 2.13. The fourth-order valence-electron chi connectivity index (χ4n) is 3.83. The van der Waals surface area contributed by atoms with Crippen LogP contribution in [0.15, 0.2) is 54.6 Å². The molecule has 1 N–H and O–H groups in total. The second-order valence-corrected chi connectivity index (χ2v) is 9.91. The summed E-state index contributed by atoms with van der Waals surface area (Å²) in [7, 11) is -0.481. The Kier molecular flexibility index (Phi) is 10.4. The highest BCUT2D eigenvalue weighted by Gasteiger charge is 2.27. The summed E-state index contributed by atoms with van der Waals surface area (Å²) in [6.07, 6.45) is 2.69. The lowest BCUT2D eigenvalue weighted by Gasteiger charge is -2.30. The van der Waals surface area contributed by atoms with Gasteiger partial charge in [-0.05, 0) is 37.0 Å². The zero-order valence-corrected chi connectivity index (χ0v) is 21.2. The number of amides is 2. The number of likely N-dealkylation sites (N-methyl/N-ethyl adjacent to an activating group) is 1. The van der Waals surface area contributed by atoms with Crippen molar-refractivity contribution in [1.29, 1.82) is 0 Å². The van der Waals surface area contributed by atoms with Crippen LogP contribution in [-0.2, 0) is 26.0 Å². The molecule has 186 valence electrons. The Hall–Kier alpha value is -3.07. The van der Waals surface area contributed by atoms with Crippen molar-refractivity contribution in [2.24, 2.45) is 0 Å². The van der Waals surface area contributed by atoms with E-state index in [1.54, 1.807) is 36.2 Å². The molecule has 9 heteroatoms. The zero-order chi connectivity index (χ0) is 25.1. The van der Waals surface area contributed by atoms with Gasteiger partial charge in [-0.25, -0.2) is 8.42 Å². The molecule has 0 aliphatic rings. The SMILES string of the molecule is CC[C@@H](C(=O)NC)N(CCc1ccccc1)C(=O)CCCN(c1cccc(OC)c1)S(C)(=O)=O. The van der Waals surface area contributed by atoms with Crippen molar-refractivity contribution < 1.29 is 22.7 Å². The van der Waals surface area contributed by atoms with Gasteiger partial charge in [-0.2, -0.15) is 0 Å². The highest BCUT2D eigenvalue weighted by Crippen LogP contribution is 2.23. The maximum atomic E-state index is 13.2. The normalized spacial score (nSPS) is 12.0. The third-order valence-corrected chi connectivity index (χ3v) is 6.80. The Morgan fingerprint density at radius 3 is 2.35 bits per heavy atom. The number of rotatable bonds is 13. The molecule has 0 bridgehead atoms. The first-order chi connectivity index (χ1) is 16.2. The summed E-state index contributed by atoms with van der Waals surface area (Å²) < 4.78 is 31.3. The lowest BCUT2D eigenvalue weighted by atomic mass is 10.1. The molecule has 8 nitrogen and oxygen atoms in total. The lowest BCUT2D eigenvalue weighted by molar-refractivity contribution is -0.140. The van der Waals surface area contributed by atoms with Crippen LogP contribution in [0.3, 0.4) is 0 Å². The molecule has 0 heterocycles. The highest BCUT2D eigenvalue weighted by atomic mass is 32.2. The van der Waals surface area contributed by atoms with Gasteiger partial charge < -0.3 is 15.0 Å². The molecule has 0 saturated carbocycles. The number of carbonyl (C=O) groups excluding carboxylic acids is 2. The first-order valence-corrected chi connectivity index (χ1v) is 13.2. The van der Waals surface area contributed by atoms with E-state index >= 15 is 0 Å². The third kappa shape index (κ3) is 7.76. The minimum absolute atomic E-state index is 0.123. The Morgan fingerprint density at radius 1 is 1.06 bits per heavy atom. The Labute approximate surface area is 202 Å². The Morgan fingerprint density at radius 2 is 1.76 bits per heavy atom. The molecule has 2 rings (SSSR count). The first kappa shape index (κ1) is 27.2. The molecule has 0 aliphatic carbocycles. The van der Waals surface area contributed by atoms with Crippen LogP contribution >= 0.6 is 0 Å². The van der Waals surface area contributed by atoms with Crippen molar-refractivity contribution in [2.45, 2.75) is 38.6 Å². The number of hydrogen-bond acceptors (Lipinski definition) is 5. The monoisotopic (exact) mass is 489 g/mol. The van der Waals surface area contributed by atoms with Gasteiger partial charge in [-0.15, -0.1) is 0 Å². The number of carbonyl (C=O) groups is 2. The molecule has 1 atom stereocenters. The van der Waals surface area contributed by atoms with E-state index in [4.69, 9.17) is 4.74 Å². The van der Waals surface area contributed by atoms with E-state index in [0.717, 1.165) is 11.8 Å². The highest BCUT2D eigenvalue weighted by molar-refractivity contribution is 7.92. The first-order valence-electron chi connectivity index (χ1n) is 11.4. The van der Waals surface area contributed by atoms with E-state index in [-0.39, 0.29) is 24.8 Å². The van der Waals surface area contributed by atoms with Crippen molar-refractivity contribution in [2.75, 3.05) is 37.8 Å². The van der Waals surface area contributed by atoms with Gasteiger partial charge in [0.2, 0.25) is 21.8 Å². The number of hydrogen-bond donors (Lipinski definition) is 1. The van der Waals surface area contributed by atoms with Crippen LogP contribution in [0.5, 0.6) is 5.75 Å². The van der Waals surface area contributed by atoms with E-state index in [1.165, 1.54) is 11.4 Å². The number of benzene rings is 2. The van der Waals surface area contributed by atoms with Crippen LogP contribution in [0, 0.1) is 0 Å². The lowest BCUT2D eigenvalue weighted by Crippen LogP contribution is -2.49. The minimum atomic E-state index is -3.56. The molecule has 2 aromatic rings. The maximum Gasteiger partial charge on any atom is 0.242 e. The Bertz CT molecular complexity index is 1040. The molecule has 0 aliphatic heterocycles. The van der Waals surface area contributed by atoms with Gasteiger partial charge in [-0.3, -0.25) is 13.9 Å². The van der Waals surface area contributed by atoms with Crippen LogP contribution in [0.4, 0.5) is 5.69 Å². The van der Waals surface area contributed by atoms with E-state index in [1.807, 2.05) is 37.3 Å². The average molecular weight is 490 g/mol. The van der Waals surface area contributed by atoms with Crippen LogP contribution < -0.4 is 14.4 Å². The van der Waals surface area contributed by atoms with Gasteiger partial charge in [0, 0.05) is 32.6 Å². The summed E-state index contributed by atoms with van der Waals surface area (Å²) in [4.78, 5) is 27.3. The van der Waals surface area contributed by atoms with Gasteiger partial charge in [0.1, 0.15) is 11.8 Å². The van der Waals surface area contributed by atoms with Gasteiger partial charge in [0.15, 0.2) is 0 Å². The van der Waals surface area contributed by atoms with Gasteiger partial charge in [0.05, 0.1) is 19.1 Å². The summed E-state index contributed by atoms with van der Waals surface area (Å²) >= 11 is 0. The van der Waals surface area contributed by atoms with Crippen LogP contribution in [0.2, 0.25) is 0 Å². The van der Waals surface area contributed by atoms with Gasteiger partial charge >= 0.3 is 0 Å². The molecular weight excluding hydrogens is 454 g/mol. The number of anilines is 1. The molecule has 0 radical (unpaired) electrons. The average Bonchev–Trinajstić information content (AvgIpc) is 2.83. The zero-order valence-electron chi connectivity index (χ0n) is 20.4. The van der Waals surface area contributed by atoms with Crippen molar-refractivity contribution in [3.63, 3.8) is 0 Å². The molecule has 0 unspecified atom stereocenters. The smallest absolute Gasteiger partial charge is 0.242 e. The van der Waals surface area contributed by atoms with Gasteiger partial charge in [-0.1, -0.05) is 43.3 Å². The summed E-state index contributed by atoms with van der Waals surface area (Å²) in [6, 6.07) is 16.0. The molecular formula is C25H35N3O5S. The maximum absolute atomic E-state index is 13.2. The van der Waals surface area contributed by atoms with Gasteiger partial charge in [0.25, 0.3) is 0 Å². The fourth-order valence-corrected chi connectivity index (χ4v) is 4.79. The van der Waals surface area contributed by atoms with E-state index in [0.29, 0.717) is 37.2 Å². The van der Waals surface area contributed by atoms with Crippen LogP contribution in [0.1, 0.15) is 31.7 Å². The molecule has 0 saturated heterocycles. The van der Waals surface area contributed by atoms with Crippen molar-refractivity contribution in [1.82, 2.24) is 10.2 Å². The molecule has 0 aromatic heterocycles. The summed E-state index contributed by atoms with van der Waals surface area (Å²) in [5, 5.41) is 2.64. The molecule has 2 amide bonds. The second kappa shape index (κ2) is 13.0. The van der Waals surface area contributed by atoms with Crippen molar-refractivity contribution >= 4 is 27.5 Å². The largest absolute Gasteiger partial charge is 0.497 e. The predicted molar refractivity (Wildman–Crippen MR) is 134 cm³/mol. The second-order valence-electron chi connectivity index (χ2n) is 8.00. The number of ether oxygens (including phenoxy) is 1. The number of nitrogens with one attached hydrogen (secondary N) is 1. The predicted octanol–water partition coefficient (Wildman–Crippen LogP) is 2.84. The number of sulfonamides is 1. The van der Waals surface area contributed by atoms with Crippen molar-refractivity contribution in [3.8, 4) is 5.75 Å². The third-order valence-electron chi connectivity index (χ3n) is 5.61. The molecule has 34 heavy (non-hydrogen) atoms. The minimum Gasteiger partial charge on any atom is -0.497 e. The molecule has 0 spiro atoms. The van der Waals surface area contributed by atoms with Crippen LogP contribution in [-0.4, -0.2) is 64.7 Å². The van der Waals surface area contributed by atoms with Crippen molar-refractivity contribution in [3.05, 3.63) is 60.2 Å². The summed E-state index contributed by atoms with van der Waals surface area (Å²) in [6.45, 7) is 2.42. The van der Waals surface area contributed by atoms with E-state index in [9.17, 15) is 18.0 Å². The van der Waals surface area contributed by atoms with Crippen LogP contribution in [0.25, 0.3) is 0 Å². The van der Waals surface area contributed by atoms with E-state index in [2.05, 4.69) is 5.32 Å². The molecule has 0 fully saturated rings. The standard InChI is InChI=1S/C25H35N3O5S/c1-5-23(25(30)26-2)27(18-16-20-11-7-6-8-12-20)24(29)15-10-17-28(34(4,31)32)21-13-9-14-22(19-21)33-3/h6-9,11-14,19,23H,5,10,15-18H2,1-4H3,(H,26,30)/t23-/m0/s1.